The topological polar surface area (TPSA) is 31.9 Å². The maximum atomic E-state index is 4.56. The number of fused-ring (bicyclic) bond motifs is 2. The highest BCUT2D eigenvalue weighted by Gasteiger charge is 2.35. The van der Waals surface area contributed by atoms with Gasteiger partial charge in [0.15, 0.2) is 0 Å². The lowest BCUT2D eigenvalue weighted by molar-refractivity contribution is 0.111. The molecule has 0 spiro atoms. The van der Waals surface area contributed by atoms with Gasteiger partial charge in [-0.25, -0.2) is 0 Å². The molecule has 0 aromatic carbocycles. The Morgan fingerprint density at radius 2 is 2.11 bits per heavy atom. The third kappa shape index (κ3) is 2.58. The van der Waals surface area contributed by atoms with Crippen molar-refractivity contribution in [1.29, 1.82) is 0 Å². The number of aromatic amines is 1. The highest BCUT2D eigenvalue weighted by atomic mass is 15.1. The van der Waals surface area contributed by atoms with Crippen molar-refractivity contribution in [2.75, 3.05) is 19.6 Å². The normalized spacial score (nSPS) is 27.1. The Balaban J connectivity index is 1.74. The second-order valence-electron chi connectivity index (χ2n) is 6.40. The number of hydrogen-bond acceptors (Lipinski definition) is 2. The van der Waals surface area contributed by atoms with Gasteiger partial charge in [-0.2, -0.15) is 5.10 Å². The monoisotopic (exact) mass is 261 g/mol. The number of nitrogens with one attached hydrogen (secondary N) is 1. The van der Waals surface area contributed by atoms with Crippen LogP contribution < -0.4 is 0 Å². The fourth-order valence-electron chi connectivity index (χ4n) is 4.00. The number of hydrogen-bond donors (Lipinski definition) is 1. The molecule has 3 heteroatoms. The van der Waals surface area contributed by atoms with Gasteiger partial charge in [-0.05, 0) is 62.6 Å². The molecule has 2 aliphatic rings. The van der Waals surface area contributed by atoms with E-state index in [0.29, 0.717) is 0 Å². The lowest BCUT2D eigenvalue weighted by Gasteiger charge is -2.41. The zero-order valence-corrected chi connectivity index (χ0v) is 12.4. The minimum absolute atomic E-state index is 0.876. The minimum atomic E-state index is 0.876. The number of piperidine rings is 1. The Hall–Kier alpha value is -0.830. The van der Waals surface area contributed by atoms with Crippen LogP contribution in [0, 0.1) is 11.8 Å². The van der Waals surface area contributed by atoms with Crippen LogP contribution in [0.5, 0.6) is 0 Å². The van der Waals surface area contributed by atoms with Crippen LogP contribution in [-0.4, -0.2) is 34.7 Å². The van der Waals surface area contributed by atoms with Crippen molar-refractivity contribution >= 4 is 0 Å². The first-order valence-corrected chi connectivity index (χ1v) is 8.09. The first-order chi connectivity index (χ1) is 9.31. The summed E-state index contributed by atoms with van der Waals surface area (Å²) < 4.78 is 0. The SMILES string of the molecule is CCCc1n[nH]c2c1C[C@@H]1CN(CCC)CC[C@H]1C2. The highest BCUT2D eigenvalue weighted by Crippen LogP contribution is 2.36. The number of H-pyrrole nitrogens is 1. The zero-order chi connectivity index (χ0) is 13.2. The zero-order valence-electron chi connectivity index (χ0n) is 12.4. The van der Waals surface area contributed by atoms with E-state index in [2.05, 4.69) is 28.9 Å². The van der Waals surface area contributed by atoms with Crippen LogP contribution in [0.25, 0.3) is 0 Å². The van der Waals surface area contributed by atoms with Gasteiger partial charge in [-0.1, -0.05) is 20.3 Å². The number of likely N-dealkylation sites (tertiary alicyclic amines) is 1. The molecule has 1 N–H and O–H groups in total. The van der Waals surface area contributed by atoms with Crippen molar-refractivity contribution in [3.8, 4) is 0 Å². The van der Waals surface area contributed by atoms with Crippen molar-refractivity contribution in [3.63, 3.8) is 0 Å². The second-order valence-corrected chi connectivity index (χ2v) is 6.40. The Morgan fingerprint density at radius 1 is 1.21 bits per heavy atom. The summed E-state index contributed by atoms with van der Waals surface area (Å²) in [5.41, 5.74) is 4.37. The molecule has 0 radical (unpaired) electrons. The minimum Gasteiger partial charge on any atom is -0.303 e. The average Bonchev–Trinajstić information content (AvgIpc) is 2.80. The quantitative estimate of drug-likeness (QED) is 0.904. The summed E-state index contributed by atoms with van der Waals surface area (Å²) in [6.45, 7) is 8.44. The maximum Gasteiger partial charge on any atom is 0.0656 e. The molecule has 1 aromatic heterocycles. The van der Waals surface area contributed by atoms with E-state index >= 15 is 0 Å². The number of aromatic nitrogens is 2. The Morgan fingerprint density at radius 3 is 2.89 bits per heavy atom. The van der Waals surface area contributed by atoms with Crippen LogP contribution in [0.2, 0.25) is 0 Å². The lowest BCUT2D eigenvalue weighted by Crippen LogP contribution is -2.44. The molecule has 1 aromatic rings. The van der Waals surface area contributed by atoms with Crippen molar-refractivity contribution in [1.82, 2.24) is 15.1 Å². The molecular weight excluding hydrogens is 234 g/mol. The van der Waals surface area contributed by atoms with Crippen LogP contribution in [0.15, 0.2) is 0 Å². The molecule has 0 saturated carbocycles. The van der Waals surface area contributed by atoms with E-state index in [1.54, 1.807) is 5.56 Å². The molecule has 2 heterocycles. The van der Waals surface area contributed by atoms with Gasteiger partial charge in [-0.3, -0.25) is 5.10 Å². The van der Waals surface area contributed by atoms with Gasteiger partial charge in [0.05, 0.1) is 5.69 Å². The van der Waals surface area contributed by atoms with E-state index < -0.39 is 0 Å². The number of rotatable bonds is 4. The molecule has 2 atom stereocenters. The van der Waals surface area contributed by atoms with E-state index in [0.717, 1.165) is 18.3 Å². The van der Waals surface area contributed by atoms with Crippen molar-refractivity contribution in [2.45, 2.75) is 52.4 Å². The fraction of sp³-hybridized carbons (Fsp3) is 0.812. The van der Waals surface area contributed by atoms with Gasteiger partial charge in [0.1, 0.15) is 0 Å². The van der Waals surface area contributed by atoms with Gasteiger partial charge < -0.3 is 4.90 Å². The van der Waals surface area contributed by atoms with Crippen LogP contribution in [0.1, 0.15) is 50.1 Å². The first kappa shape index (κ1) is 13.2. The molecule has 1 aliphatic heterocycles. The van der Waals surface area contributed by atoms with Crippen molar-refractivity contribution in [3.05, 3.63) is 17.0 Å². The summed E-state index contributed by atoms with van der Waals surface area (Å²) in [6.07, 6.45) is 7.53. The van der Waals surface area contributed by atoms with E-state index in [1.807, 2.05) is 0 Å². The molecule has 1 fully saturated rings. The first-order valence-electron chi connectivity index (χ1n) is 8.09. The highest BCUT2D eigenvalue weighted by molar-refractivity contribution is 5.29. The molecule has 1 aliphatic carbocycles. The van der Waals surface area contributed by atoms with Gasteiger partial charge in [0.25, 0.3) is 0 Å². The van der Waals surface area contributed by atoms with Crippen LogP contribution >= 0.6 is 0 Å². The maximum absolute atomic E-state index is 4.56. The molecule has 0 unspecified atom stereocenters. The second kappa shape index (κ2) is 5.66. The van der Waals surface area contributed by atoms with Crippen molar-refractivity contribution in [2.24, 2.45) is 11.8 Å². The van der Waals surface area contributed by atoms with Crippen LogP contribution in [-0.2, 0) is 19.3 Å². The molecule has 3 rings (SSSR count). The average molecular weight is 261 g/mol. The lowest BCUT2D eigenvalue weighted by atomic mass is 9.73. The van der Waals surface area contributed by atoms with E-state index in [4.69, 9.17) is 0 Å². The molecule has 1 saturated heterocycles. The third-order valence-corrected chi connectivity index (χ3v) is 4.97. The van der Waals surface area contributed by atoms with E-state index in [9.17, 15) is 0 Å². The van der Waals surface area contributed by atoms with Gasteiger partial charge in [0.2, 0.25) is 0 Å². The van der Waals surface area contributed by atoms with Gasteiger partial charge >= 0.3 is 0 Å². The van der Waals surface area contributed by atoms with E-state index in [-0.39, 0.29) is 0 Å². The summed E-state index contributed by atoms with van der Waals surface area (Å²) in [6, 6.07) is 0. The van der Waals surface area contributed by atoms with Crippen LogP contribution in [0.4, 0.5) is 0 Å². The predicted octanol–water partition coefficient (Wildman–Crippen LogP) is 2.81. The Kier molecular flexibility index (Phi) is 3.92. The molecule has 106 valence electrons. The summed E-state index contributed by atoms with van der Waals surface area (Å²) in [5.74, 6) is 1.77. The van der Waals surface area contributed by atoms with Gasteiger partial charge in [0, 0.05) is 12.2 Å². The molecule has 0 bridgehead atoms. The summed E-state index contributed by atoms with van der Waals surface area (Å²) in [4.78, 5) is 2.67. The molecular formula is C16H27N3. The standard InChI is InChI=1S/C16H27N3/c1-3-5-15-14-9-13-11-19(7-4-2)8-6-12(13)10-16(14)18-17-15/h12-13H,3-11H2,1-2H3,(H,17,18)/t12-,13+/m0/s1. The van der Waals surface area contributed by atoms with E-state index in [1.165, 1.54) is 63.1 Å². The summed E-state index contributed by atoms with van der Waals surface area (Å²) in [7, 11) is 0. The Labute approximate surface area is 116 Å². The number of aryl methyl sites for hydroxylation is 1. The summed E-state index contributed by atoms with van der Waals surface area (Å²) in [5, 5.41) is 7.88. The third-order valence-electron chi connectivity index (χ3n) is 4.97. The fourth-order valence-corrected chi connectivity index (χ4v) is 4.00. The largest absolute Gasteiger partial charge is 0.303 e. The molecule has 3 nitrogen and oxygen atoms in total. The smallest absolute Gasteiger partial charge is 0.0656 e. The molecule has 19 heavy (non-hydrogen) atoms. The van der Waals surface area contributed by atoms with Crippen molar-refractivity contribution < 1.29 is 0 Å². The predicted molar refractivity (Wildman–Crippen MR) is 78.3 cm³/mol. The summed E-state index contributed by atoms with van der Waals surface area (Å²) >= 11 is 0. The molecule has 0 amide bonds. The Bertz CT molecular complexity index is 424. The van der Waals surface area contributed by atoms with Crippen LogP contribution in [0.3, 0.4) is 0 Å². The van der Waals surface area contributed by atoms with Gasteiger partial charge in [-0.15, -0.1) is 0 Å². The number of nitrogens with zero attached hydrogens (tertiary/aromatic N) is 2.